The number of carbonyl (C=O) groups is 2. The molecule has 0 aliphatic heterocycles. The molecule has 0 spiro atoms. The first-order valence-corrected chi connectivity index (χ1v) is 5.99. The van der Waals surface area contributed by atoms with Crippen LogP contribution in [-0.4, -0.2) is 29.0 Å². The quantitative estimate of drug-likeness (QED) is 0.488. The summed E-state index contributed by atoms with van der Waals surface area (Å²) < 4.78 is 0. The summed E-state index contributed by atoms with van der Waals surface area (Å²) in [5, 5.41) is 22.5. The molecule has 108 valence electrons. The molecular weight excluding hydrogens is 288 g/mol. The van der Waals surface area contributed by atoms with E-state index in [1.165, 1.54) is 32.2 Å². The van der Waals surface area contributed by atoms with E-state index in [9.17, 15) is 24.8 Å². The van der Waals surface area contributed by atoms with E-state index in [1.54, 1.807) is 0 Å². The second-order valence-corrected chi connectivity index (χ2v) is 4.79. The number of carboxylic acids is 1. The fourth-order valence-electron chi connectivity index (χ4n) is 1.78. The number of amides is 1. The zero-order valence-corrected chi connectivity index (χ0v) is 11.6. The molecule has 1 unspecified atom stereocenters. The van der Waals surface area contributed by atoms with E-state index >= 15 is 0 Å². The van der Waals surface area contributed by atoms with Crippen molar-refractivity contribution in [3.8, 4) is 0 Å². The lowest BCUT2D eigenvalue weighted by Gasteiger charge is -2.23. The number of nitro benzene ring substituents is 1. The Hall–Kier alpha value is -2.15. The number of nitrogens with zero attached hydrogens (tertiary/aromatic N) is 1. The largest absolute Gasteiger partial charge is 0.480 e. The predicted molar refractivity (Wildman–Crippen MR) is 71.6 cm³/mol. The molecule has 1 aromatic carbocycles. The average Bonchev–Trinajstić information content (AvgIpc) is 2.39. The number of nitrogens with one attached hydrogen (secondary N) is 1. The van der Waals surface area contributed by atoms with Crippen LogP contribution in [0.1, 0.15) is 12.5 Å². The molecule has 7 nitrogen and oxygen atoms in total. The topological polar surface area (TPSA) is 110 Å². The maximum atomic E-state index is 11.8. The summed E-state index contributed by atoms with van der Waals surface area (Å²) in [6.45, 7) is 1.20. The molecule has 0 saturated carbocycles. The smallest absolute Gasteiger partial charge is 0.319 e. The van der Waals surface area contributed by atoms with Crippen LogP contribution in [0.2, 0.25) is 5.02 Å². The second-order valence-electron chi connectivity index (χ2n) is 4.39. The van der Waals surface area contributed by atoms with E-state index in [4.69, 9.17) is 11.6 Å². The number of carboxylic acid groups (broad SMARTS) is 1. The third-order valence-electron chi connectivity index (χ3n) is 3.02. The zero-order valence-electron chi connectivity index (χ0n) is 10.8. The number of halogens is 1. The van der Waals surface area contributed by atoms with Gasteiger partial charge >= 0.3 is 5.97 Å². The second kappa shape index (κ2) is 5.87. The lowest BCUT2D eigenvalue weighted by molar-refractivity contribution is -0.385. The van der Waals surface area contributed by atoms with E-state index in [0.717, 1.165) is 0 Å². The van der Waals surface area contributed by atoms with Crippen LogP contribution in [0.15, 0.2) is 18.2 Å². The summed E-state index contributed by atoms with van der Waals surface area (Å²) in [5.41, 5.74) is -2.13. The Labute approximate surface area is 119 Å². The lowest BCUT2D eigenvalue weighted by atomic mass is 9.82. The SMILES string of the molecule is CNC(=O)C(C)(Cc1c(Cl)cccc1[N+](=O)[O-])C(=O)O. The molecule has 0 bridgehead atoms. The molecule has 8 heteroatoms. The van der Waals surface area contributed by atoms with Crippen molar-refractivity contribution in [2.75, 3.05) is 7.05 Å². The molecule has 1 amide bonds. The first kappa shape index (κ1) is 15.9. The van der Waals surface area contributed by atoms with Crippen LogP contribution in [0.3, 0.4) is 0 Å². The minimum atomic E-state index is -1.84. The van der Waals surface area contributed by atoms with E-state index in [-0.39, 0.29) is 22.7 Å². The molecule has 1 atom stereocenters. The Kier molecular flexibility index (Phi) is 4.67. The molecular formula is C12H13ClN2O5. The Morgan fingerprint density at radius 3 is 2.55 bits per heavy atom. The molecule has 0 aromatic heterocycles. The standard InChI is InChI=1S/C12H13ClN2O5/c1-12(11(17)18,10(16)14-2)6-7-8(13)4-3-5-9(7)15(19)20/h3-5H,6H2,1-2H3,(H,14,16)(H,17,18). The number of rotatable bonds is 5. The molecule has 2 N–H and O–H groups in total. The highest BCUT2D eigenvalue weighted by Gasteiger charge is 2.43. The summed E-state index contributed by atoms with van der Waals surface area (Å²) >= 11 is 5.90. The van der Waals surface area contributed by atoms with Crippen molar-refractivity contribution in [3.05, 3.63) is 38.9 Å². The lowest BCUT2D eigenvalue weighted by Crippen LogP contribution is -2.44. The van der Waals surface area contributed by atoms with Gasteiger partial charge < -0.3 is 10.4 Å². The first-order valence-electron chi connectivity index (χ1n) is 5.61. The summed E-state index contributed by atoms with van der Waals surface area (Å²) in [6.07, 6.45) is -0.377. The summed E-state index contributed by atoms with van der Waals surface area (Å²) in [4.78, 5) is 33.4. The van der Waals surface area contributed by atoms with Gasteiger partial charge in [0, 0.05) is 19.5 Å². The number of hydrogen-bond acceptors (Lipinski definition) is 4. The molecule has 1 rings (SSSR count). The predicted octanol–water partition coefficient (Wildman–Crippen LogP) is 1.63. The van der Waals surface area contributed by atoms with E-state index < -0.39 is 22.2 Å². The first-order chi connectivity index (χ1) is 9.24. The normalized spacial score (nSPS) is 13.3. The van der Waals surface area contributed by atoms with Crippen molar-refractivity contribution < 1.29 is 19.6 Å². The van der Waals surface area contributed by atoms with Gasteiger partial charge in [-0.2, -0.15) is 0 Å². The monoisotopic (exact) mass is 300 g/mol. The highest BCUT2D eigenvalue weighted by atomic mass is 35.5. The van der Waals surface area contributed by atoms with Crippen LogP contribution in [0.25, 0.3) is 0 Å². The molecule has 0 saturated heterocycles. The van der Waals surface area contributed by atoms with Gasteiger partial charge in [-0.05, 0) is 13.0 Å². The molecule has 0 radical (unpaired) electrons. The fourth-order valence-corrected chi connectivity index (χ4v) is 2.01. The average molecular weight is 301 g/mol. The third-order valence-corrected chi connectivity index (χ3v) is 3.38. The van der Waals surface area contributed by atoms with Gasteiger partial charge in [-0.1, -0.05) is 17.7 Å². The summed E-state index contributed by atoms with van der Waals surface area (Å²) in [7, 11) is 1.30. The highest BCUT2D eigenvalue weighted by molar-refractivity contribution is 6.31. The van der Waals surface area contributed by atoms with Crippen LogP contribution in [0.4, 0.5) is 5.69 Å². The van der Waals surface area contributed by atoms with Crippen molar-refractivity contribution >= 4 is 29.2 Å². The molecule has 0 fully saturated rings. The van der Waals surface area contributed by atoms with Gasteiger partial charge in [0.2, 0.25) is 5.91 Å². The van der Waals surface area contributed by atoms with Crippen LogP contribution < -0.4 is 5.32 Å². The van der Waals surface area contributed by atoms with Gasteiger partial charge in [-0.15, -0.1) is 0 Å². The molecule has 0 heterocycles. The van der Waals surface area contributed by atoms with Crippen LogP contribution in [0, 0.1) is 15.5 Å². The number of carbonyl (C=O) groups excluding carboxylic acids is 1. The zero-order chi connectivity index (χ0) is 15.5. The summed E-state index contributed by atoms with van der Waals surface area (Å²) in [5.74, 6) is -2.13. The van der Waals surface area contributed by atoms with Crippen molar-refractivity contribution in [1.29, 1.82) is 0 Å². The van der Waals surface area contributed by atoms with Gasteiger partial charge in [0.25, 0.3) is 5.69 Å². The number of benzene rings is 1. The van der Waals surface area contributed by atoms with Gasteiger partial charge in [0.1, 0.15) is 5.41 Å². The Morgan fingerprint density at radius 2 is 2.10 bits per heavy atom. The van der Waals surface area contributed by atoms with Crippen LogP contribution >= 0.6 is 11.6 Å². The van der Waals surface area contributed by atoms with Gasteiger partial charge in [-0.25, -0.2) is 0 Å². The van der Waals surface area contributed by atoms with E-state index in [2.05, 4.69) is 5.32 Å². The number of aliphatic carboxylic acids is 1. The van der Waals surface area contributed by atoms with E-state index in [1.807, 2.05) is 0 Å². The Bertz CT molecular complexity index is 575. The maximum Gasteiger partial charge on any atom is 0.319 e. The molecule has 0 aliphatic rings. The van der Waals surface area contributed by atoms with Crippen molar-refractivity contribution in [1.82, 2.24) is 5.32 Å². The maximum absolute atomic E-state index is 11.8. The van der Waals surface area contributed by atoms with Gasteiger partial charge in [0.15, 0.2) is 0 Å². The Balaban J connectivity index is 3.36. The fraction of sp³-hybridized carbons (Fsp3) is 0.333. The van der Waals surface area contributed by atoms with Crippen molar-refractivity contribution in [2.45, 2.75) is 13.3 Å². The van der Waals surface area contributed by atoms with Gasteiger partial charge in [0.05, 0.1) is 15.5 Å². The third kappa shape index (κ3) is 2.88. The molecule has 0 aliphatic carbocycles. The molecule has 20 heavy (non-hydrogen) atoms. The van der Waals surface area contributed by atoms with E-state index in [0.29, 0.717) is 0 Å². The van der Waals surface area contributed by atoms with Crippen LogP contribution in [0.5, 0.6) is 0 Å². The van der Waals surface area contributed by atoms with Crippen molar-refractivity contribution in [2.24, 2.45) is 5.41 Å². The van der Waals surface area contributed by atoms with Gasteiger partial charge in [-0.3, -0.25) is 19.7 Å². The number of nitro groups is 1. The van der Waals surface area contributed by atoms with Crippen LogP contribution in [-0.2, 0) is 16.0 Å². The molecule has 1 aromatic rings. The minimum Gasteiger partial charge on any atom is -0.480 e. The van der Waals surface area contributed by atoms with Crippen molar-refractivity contribution in [3.63, 3.8) is 0 Å². The number of hydrogen-bond donors (Lipinski definition) is 2. The summed E-state index contributed by atoms with van der Waals surface area (Å²) in [6, 6.07) is 4.02. The highest BCUT2D eigenvalue weighted by Crippen LogP contribution is 2.33. The minimum absolute atomic E-state index is 0.0210. The Morgan fingerprint density at radius 1 is 1.50 bits per heavy atom.